The molecule has 3 amide bonds. The molecule has 4 rings (SSSR count). The van der Waals surface area contributed by atoms with Gasteiger partial charge in [-0.15, -0.1) is 0 Å². The number of thioether (sulfide) groups is 1. The molecule has 1 fully saturated rings. The standard InChI is InChI=1S/C25H20N2O6S/c1-14-8-15(2)10-18(9-14)26-22(28)13-27-23(29)21(34-25(27)32)12-19-6-7-20(33-19)16-4-3-5-17(11-16)24(30)31/h3-12H,13H2,1-2H3,(H,26,28)(H,30,31)/b21-12+. The van der Waals surface area contributed by atoms with Gasteiger partial charge >= 0.3 is 5.97 Å². The molecule has 0 aliphatic carbocycles. The normalized spacial score (nSPS) is 14.6. The molecule has 2 N–H and O–H groups in total. The molecule has 0 radical (unpaired) electrons. The van der Waals surface area contributed by atoms with Crippen molar-refractivity contribution >= 4 is 46.5 Å². The molecule has 0 spiro atoms. The summed E-state index contributed by atoms with van der Waals surface area (Å²) in [7, 11) is 0. The Hall–Kier alpha value is -4.11. The number of carbonyl (C=O) groups is 4. The van der Waals surface area contributed by atoms with Gasteiger partial charge in [-0.1, -0.05) is 18.2 Å². The third-order valence-corrected chi connectivity index (χ3v) is 5.88. The summed E-state index contributed by atoms with van der Waals surface area (Å²) >= 11 is 0.722. The van der Waals surface area contributed by atoms with Crippen LogP contribution >= 0.6 is 11.8 Å². The van der Waals surface area contributed by atoms with Crippen LogP contribution in [0.25, 0.3) is 17.4 Å². The van der Waals surface area contributed by atoms with Gasteiger partial charge in [-0.05, 0) is 73.1 Å². The average molecular weight is 477 g/mol. The number of hydrogen-bond donors (Lipinski definition) is 2. The van der Waals surface area contributed by atoms with Gasteiger partial charge in [0, 0.05) is 17.3 Å². The highest BCUT2D eigenvalue weighted by molar-refractivity contribution is 8.18. The summed E-state index contributed by atoms with van der Waals surface area (Å²) in [4.78, 5) is 49.7. The van der Waals surface area contributed by atoms with Crippen LogP contribution < -0.4 is 5.32 Å². The minimum absolute atomic E-state index is 0.121. The fraction of sp³-hybridized carbons (Fsp3) is 0.120. The fourth-order valence-corrected chi connectivity index (χ4v) is 4.37. The lowest BCUT2D eigenvalue weighted by molar-refractivity contribution is -0.127. The molecule has 1 saturated heterocycles. The molecule has 1 aliphatic rings. The molecule has 2 heterocycles. The number of aromatic carboxylic acids is 1. The first kappa shape index (κ1) is 23.1. The predicted octanol–water partition coefficient (Wildman–Crippen LogP) is 4.94. The quantitative estimate of drug-likeness (QED) is 0.484. The van der Waals surface area contributed by atoms with Crippen LogP contribution in [0, 0.1) is 13.8 Å². The monoisotopic (exact) mass is 476 g/mol. The summed E-state index contributed by atoms with van der Waals surface area (Å²) in [6.07, 6.45) is 1.43. The third kappa shape index (κ3) is 5.10. The second-order valence-corrected chi connectivity index (χ2v) is 8.77. The van der Waals surface area contributed by atoms with E-state index in [1.54, 1.807) is 36.4 Å². The number of carboxylic acid groups (broad SMARTS) is 1. The number of furan rings is 1. The first-order valence-corrected chi connectivity index (χ1v) is 11.1. The van der Waals surface area contributed by atoms with E-state index in [0.717, 1.165) is 27.8 Å². The molecule has 2 aromatic carbocycles. The van der Waals surface area contributed by atoms with E-state index in [9.17, 15) is 19.2 Å². The SMILES string of the molecule is Cc1cc(C)cc(NC(=O)CN2C(=O)S/C(=C/c3ccc(-c4cccc(C(=O)O)c4)o3)C2=O)c1. The maximum atomic E-state index is 12.7. The Balaban J connectivity index is 1.46. The number of hydrogen-bond acceptors (Lipinski definition) is 6. The van der Waals surface area contributed by atoms with Gasteiger partial charge in [-0.3, -0.25) is 19.3 Å². The van der Waals surface area contributed by atoms with E-state index in [2.05, 4.69) is 5.32 Å². The van der Waals surface area contributed by atoms with Crippen LogP contribution in [0.2, 0.25) is 0 Å². The van der Waals surface area contributed by atoms with Crippen LogP contribution in [0.1, 0.15) is 27.2 Å². The van der Waals surface area contributed by atoms with Crippen molar-refractivity contribution < 1.29 is 28.7 Å². The molecule has 3 aromatic rings. The van der Waals surface area contributed by atoms with E-state index >= 15 is 0 Å². The van der Waals surface area contributed by atoms with Gasteiger partial charge in [0.15, 0.2) is 0 Å². The average Bonchev–Trinajstić information content (AvgIpc) is 3.33. The Morgan fingerprint density at radius 2 is 1.79 bits per heavy atom. The summed E-state index contributed by atoms with van der Waals surface area (Å²) in [5.74, 6) is -1.38. The molecule has 8 nitrogen and oxygen atoms in total. The number of carbonyl (C=O) groups excluding carboxylic acids is 3. The van der Waals surface area contributed by atoms with E-state index in [0.29, 0.717) is 22.8 Å². The zero-order valence-corrected chi connectivity index (χ0v) is 19.1. The fourth-order valence-electron chi connectivity index (χ4n) is 3.55. The van der Waals surface area contributed by atoms with Gasteiger partial charge in [0.05, 0.1) is 10.5 Å². The van der Waals surface area contributed by atoms with Crippen molar-refractivity contribution in [3.63, 3.8) is 0 Å². The molecule has 0 atom stereocenters. The third-order valence-electron chi connectivity index (χ3n) is 4.97. The number of imide groups is 1. The van der Waals surface area contributed by atoms with Crippen LogP contribution in [0.15, 0.2) is 63.9 Å². The topological polar surface area (TPSA) is 117 Å². The van der Waals surface area contributed by atoms with Crippen molar-refractivity contribution in [3.8, 4) is 11.3 Å². The minimum Gasteiger partial charge on any atom is -0.478 e. The van der Waals surface area contributed by atoms with E-state index < -0.39 is 29.6 Å². The van der Waals surface area contributed by atoms with Gasteiger partial charge in [0.1, 0.15) is 18.1 Å². The largest absolute Gasteiger partial charge is 0.478 e. The lowest BCUT2D eigenvalue weighted by Crippen LogP contribution is -2.36. The molecule has 0 bridgehead atoms. The Morgan fingerprint density at radius 1 is 1.06 bits per heavy atom. The van der Waals surface area contributed by atoms with Crippen molar-refractivity contribution in [3.05, 3.63) is 82.0 Å². The number of carboxylic acids is 1. The lowest BCUT2D eigenvalue weighted by Gasteiger charge is -2.13. The van der Waals surface area contributed by atoms with Crippen LogP contribution in [0.4, 0.5) is 10.5 Å². The molecule has 1 aliphatic heterocycles. The zero-order valence-electron chi connectivity index (χ0n) is 18.3. The number of nitrogens with zero attached hydrogens (tertiary/aromatic N) is 1. The molecule has 0 saturated carbocycles. The van der Waals surface area contributed by atoms with E-state index in [1.807, 2.05) is 19.9 Å². The number of anilines is 1. The first-order chi connectivity index (χ1) is 16.2. The molecule has 34 heavy (non-hydrogen) atoms. The van der Waals surface area contributed by atoms with E-state index in [-0.39, 0.29) is 10.5 Å². The molecule has 0 unspecified atom stereocenters. The van der Waals surface area contributed by atoms with Gasteiger partial charge in [0.25, 0.3) is 11.1 Å². The Morgan fingerprint density at radius 3 is 2.50 bits per heavy atom. The Bertz CT molecular complexity index is 1340. The molecule has 1 aromatic heterocycles. The van der Waals surface area contributed by atoms with Gasteiger partial charge in [0.2, 0.25) is 5.91 Å². The number of benzene rings is 2. The van der Waals surface area contributed by atoms with Crippen LogP contribution in [0.5, 0.6) is 0 Å². The second kappa shape index (κ2) is 9.40. The highest BCUT2D eigenvalue weighted by Gasteiger charge is 2.36. The summed E-state index contributed by atoms with van der Waals surface area (Å²) in [6, 6.07) is 15.1. The van der Waals surface area contributed by atoms with Crippen molar-refractivity contribution in [2.75, 3.05) is 11.9 Å². The lowest BCUT2D eigenvalue weighted by atomic mass is 10.1. The maximum absolute atomic E-state index is 12.7. The van der Waals surface area contributed by atoms with Crippen LogP contribution in [0.3, 0.4) is 0 Å². The van der Waals surface area contributed by atoms with Gasteiger partial charge in [-0.25, -0.2) is 4.79 Å². The van der Waals surface area contributed by atoms with Crippen molar-refractivity contribution in [1.82, 2.24) is 4.90 Å². The smallest absolute Gasteiger partial charge is 0.335 e. The summed E-state index contributed by atoms with van der Waals surface area (Å²) in [5, 5.41) is 11.3. The van der Waals surface area contributed by atoms with Crippen LogP contribution in [-0.4, -0.2) is 39.6 Å². The van der Waals surface area contributed by atoms with Crippen molar-refractivity contribution in [2.24, 2.45) is 0 Å². The second-order valence-electron chi connectivity index (χ2n) is 7.78. The van der Waals surface area contributed by atoms with Crippen molar-refractivity contribution in [2.45, 2.75) is 13.8 Å². The molecule has 172 valence electrons. The van der Waals surface area contributed by atoms with E-state index in [4.69, 9.17) is 9.52 Å². The van der Waals surface area contributed by atoms with Crippen LogP contribution in [-0.2, 0) is 9.59 Å². The Labute approximate surface area is 199 Å². The van der Waals surface area contributed by atoms with Gasteiger partial charge in [-0.2, -0.15) is 0 Å². The molecule has 9 heteroatoms. The summed E-state index contributed by atoms with van der Waals surface area (Å²) < 4.78 is 5.72. The number of amides is 3. The molecular weight excluding hydrogens is 456 g/mol. The number of aryl methyl sites for hydroxylation is 2. The van der Waals surface area contributed by atoms with Gasteiger partial charge < -0.3 is 14.8 Å². The van der Waals surface area contributed by atoms with E-state index in [1.165, 1.54) is 18.2 Å². The molecular formula is C25H20N2O6S. The highest BCUT2D eigenvalue weighted by atomic mass is 32.2. The summed E-state index contributed by atoms with van der Waals surface area (Å²) in [6.45, 7) is 3.42. The number of rotatable bonds is 6. The van der Waals surface area contributed by atoms with Crippen molar-refractivity contribution in [1.29, 1.82) is 0 Å². The number of nitrogens with one attached hydrogen (secondary N) is 1. The maximum Gasteiger partial charge on any atom is 0.335 e. The predicted molar refractivity (Wildman–Crippen MR) is 128 cm³/mol. The highest BCUT2D eigenvalue weighted by Crippen LogP contribution is 2.33. The zero-order chi connectivity index (χ0) is 24.4. The first-order valence-electron chi connectivity index (χ1n) is 10.3. The summed E-state index contributed by atoms with van der Waals surface area (Å²) in [5.41, 5.74) is 3.25. The minimum atomic E-state index is -1.05. The Kier molecular flexibility index (Phi) is 6.38.